The van der Waals surface area contributed by atoms with Gasteiger partial charge in [-0.3, -0.25) is 4.79 Å². The van der Waals surface area contributed by atoms with Gasteiger partial charge >= 0.3 is 5.97 Å². The summed E-state index contributed by atoms with van der Waals surface area (Å²) < 4.78 is 7.37. The number of rotatable bonds is 4. The molecule has 0 amide bonds. The number of halogens is 1. The van der Waals surface area contributed by atoms with Crippen molar-refractivity contribution in [3.63, 3.8) is 0 Å². The molecule has 0 bridgehead atoms. The van der Waals surface area contributed by atoms with Crippen LogP contribution in [0.2, 0.25) is 0 Å². The molecule has 22 heavy (non-hydrogen) atoms. The maximum atomic E-state index is 11.7. The molecule has 2 aromatic rings. The van der Waals surface area contributed by atoms with E-state index in [2.05, 4.69) is 40.8 Å². The maximum Gasteiger partial charge on any atom is 0.307 e. The summed E-state index contributed by atoms with van der Waals surface area (Å²) >= 11 is 0. The summed E-state index contributed by atoms with van der Waals surface area (Å²) in [5, 5.41) is 1.32. The summed E-state index contributed by atoms with van der Waals surface area (Å²) in [6.07, 6.45) is 1.48. The summed E-state index contributed by atoms with van der Waals surface area (Å²) in [6.45, 7) is 5.07. The van der Waals surface area contributed by atoms with Crippen molar-refractivity contribution in [3.05, 3.63) is 35.5 Å². The van der Waals surface area contributed by atoms with E-state index in [9.17, 15) is 4.79 Å². The zero-order chi connectivity index (χ0) is 14.8. The number of aromatic nitrogens is 1. The quantitative estimate of drug-likeness (QED) is 0.812. The molecule has 3 rings (SSSR count). The third kappa shape index (κ3) is 3.13. The van der Waals surface area contributed by atoms with Gasteiger partial charge in [-0.15, -0.1) is 12.4 Å². The summed E-state index contributed by atoms with van der Waals surface area (Å²) in [6, 6.07) is 8.50. The average Bonchev–Trinajstić information content (AvgIpc) is 2.79. The molecule has 0 atom stereocenters. The maximum absolute atomic E-state index is 11.7. The van der Waals surface area contributed by atoms with Crippen molar-refractivity contribution < 1.29 is 9.53 Å². The number of hydrogen-bond donors (Lipinski definition) is 0. The first-order valence-corrected chi connectivity index (χ1v) is 7.64. The standard InChI is InChI=1S/C17H22N2O2.ClH/c1-3-21-17(20)9-11-19-15-7-5-4-6-13(15)14-12-18(2)10-8-16(14)19;/h4-7H,3,8-12H2,1-2H3;1H. The molecule has 1 aliphatic heterocycles. The number of likely N-dealkylation sites (N-methyl/N-ethyl adjacent to an activating group) is 1. The topological polar surface area (TPSA) is 34.5 Å². The fourth-order valence-electron chi connectivity index (χ4n) is 3.23. The fraction of sp³-hybridized carbons (Fsp3) is 0.471. The van der Waals surface area contributed by atoms with E-state index in [4.69, 9.17) is 4.74 Å². The summed E-state index contributed by atoms with van der Waals surface area (Å²) in [5.41, 5.74) is 4.05. The Balaban J connectivity index is 0.00000176. The van der Waals surface area contributed by atoms with Gasteiger partial charge in [0.25, 0.3) is 0 Å². The molecule has 0 spiro atoms. The highest BCUT2D eigenvalue weighted by atomic mass is 35.5. The SMILES string of the molecule is CCOC(=O)CCn1c2c(c3ccccc31)CN(C)CC2.Cl. The van der Waals surface area contributed by atoms with Gasteiger partial charge < -0.3 is 14.2 Å². The minimum Gasteiger partial charge on any atom is -0.466 e. The van der Waals surface area contributed by atoms with Crippen LogP contribution < -0.4 is 0 Å². The van der Waals surface area contributed by atoms with Crippen LogP contribution in [0, 0.1) is 0 Å². The van der Waals surface area contributed by atoms with Gasteiger partial charge in [-0.2, -0.15) is 0 Å². The summed E-state index contributed by atoms with van der Waals surface area (Å²) in [4.78, 5) is 14.0. The molecule has 2 heterocycles. The van der Waals surface area contributed by atoms with Crippen LogP contribution in [0.15, 0.2) is 24.3 Å². The number of aryl methyl sites for hydroxylation is 1. The van der Waals surface area contributed by atoms with E-state index in [-0.39, 0.29) is 18.4 Å². The van der Waals surface area contributed by atoms with Crippen molar-refractivity contribution in [2.24, 2.45) is 0 Å². The molecule has 0 saturated carbocycles. The second-order valence-corrected chi connectivity index (χ2v) is 5.64. The molecule has 0 fully saturated rings. The fourth-order valence-corrected chi connectivity index (χ4v) is 3.23. The number of esters is 1. The van der Waals surface area contributed by atoms with Crippen LogP contribution in [0.3, 0.4) is 0 Å². The van der Waals surface area contributed by atoms with Gasteiger partial charge in [-0.05, 0) is 25.6 Å². The van der Waals surface area contributed by atoms with Gasteiger partial charge in [0.1, 0.15) is 0 Å². The lowest BCUT2D eigenvalue weighted by molar-refractivity contribution is -0.143. The van der Waals surface area contributed by atoms with Crippen molar-refractivity contribution in [2.45, 2.75) is 32.9 Å². The Hall–Kier alpha value is -1.52. The molecule has 0 saturated heterocycles. The molecule has 120 valence electrons. The minimum atomic E-state index is -0.114. The molecular weight excluding hydrogens is 300 g/mol. The molecule has 4 nitrogen and oxygen atoms in total. The molecule has 0 radical (unpaired) electrons. The lowest BCUT2D eigenvalue weighted by atomic mass is 10.1. The van der Waals surface area contributed by atoms with Crippen LogP contribution in [-0.4, -0.2) is 35.6 Å². The van der Waals surface area contributed by atoms with Crippen molar-refractivity contribution in [1.29, 1.82) is 0 Å². The van der Waals surface area contributed by atoms with E-state index in [1.807, 2.05) is 6.92 Å². The number of benzene rings is 1. The molecule has 1 aromatic carbocycles. The van der Waals surface area contributed by atoms with Gasteiger partial charge in [0.05, 0.1) is 13.0 Å². The normalized spacial score (nSPS) is 14.5. The second kappa shape index (κ2) is 7.16. The lowest BCUT2D eigenvalue weighted by Crippen LogP contribution is -2.27. The number of ether oxygens (including phenoxy) is 1. The Morgan fingerprint density at radius 3 is 2.86 bits per heavy atom. The van der Waals surface area contributed by atoms with E-state index in [1.165, 1.54) is 22.2 Å². The van der Waals surface area contributed by atoms with Gasteiger partial charge in [0.15, 0.2) is 0 Å². The van der Waals surface area contributed by atoms with E-state index >= 15 is 0 Å². The zero-order valence-electron chi connectivity index (χ0n) is 13.2. The van der Waals surface area contributed by atoms with Crippen LogP contribution in [0.25, 0.3) is 10.9 Å². The predicted octanol–water partition coefficient (Wildman–Crippen LogP) is 3.00. The largest absolute Gasteiger partial charge is 0.466 e. The average molecular weight is 323 g/mol. The van der Waals surface area contributed by atoms with Crippen molar-refractivity contribution in [2.75, 3.05) is 20.2 Å². The Labute approximate surface area is 137 Å². The van der Waals surface area contributed by atoms with Crippen LogP contribution in [0.1, 0.15) is 24.6 Å². The zero-order valence-corrected chi connectivity index (χ0v) is 14.0. The van der Waals surface area contributed by atoms with Crippen molar-refractivity contribution >= 4 is 29.3 Å². The highest BCUT2D eigenvalue weighted by Crippen LogP contribution is 2.30. The lowest BCUT2D eigenvalue weighted by Gasteiger charge is -2.24. The van der Waals surface area contributed by atoms with Gasteiger partial charge in [-0.1, -0.05) is 18.2 Å². The highest BCUT2D eigenvalue weighted by molar-refractivity contribution is 5.86. The number of carbonyl (C=O) groups is 1. The number of nitrogens with zero attached hydrogens (tertiary/aromatic N) is 2. The second-order valence-electron chi connectivity index (χ2n) is 5.64. The first-order chi connectivity index (χ1) is 10.2. The van der Waals surface area contributed by atoms with Gasteiger partial charge in [0, 0.05) is 42.7 Å². The Kier molecular flexibility index (Phi) is 5.48. The van der Waals surface area contributed by atoms with Crippen LogP contribution in [-0.2, 0) is 29.0 Å². The third-order valence-corrected chi connectivity index (χ3v) is 4.20. The predicted molar refractivity (Wildman–Crippen MR) is 90.5 cm³/mol. The Morgan fingerprint density at radius 1 is 1.32 bits per heavy atom. The summed E-state index contributed by atoms with van der Waals surface area (Å²) in [5.74, 6) is -0.114. The molecule has 0 unspecified atom stereocenters. The van der Waals surface area contributed by atoms with E-state index in [0.717, 1.165) is 19.5 Å². The molecule has 0 N–H and O–H groups in total. The molecule has 0 aliphatic carbocycles. The monoisotopic (exact) mass is 322 g/mol. The minimum absolute atomic E-state index is 0. The van der Waals surface area contributed by atoms with E-state index < -0.39 is 0 Å². The Morgan fingerprint density at radius 2 is 2.09 bits per heavy atom. The number of hydrogen-bond acceptors (Lipinski definition) is 3. The molecule has 1 aliphatic rings. The van der Waals surface area contributed by atoms with Crippen LogP contribution in [0.5, 0.6) is 0 Å². The highest BCUT2D eigenvalue weighted by Gasteiger charge is 2.22. The third-order valence-electron chi connectivity index (χ3n) is 4.20. The van der Waals surface area contributed by atoms with Crippen molar-refractivity contribution in [1.82, 2.24) is 9.47 Å². The number of para-hydroxylation sites is 1. The smallest absolute Gasteiger partial charge is 0.307 e. The van der Waals surface area contributed by atoms with Gasteiger partial charge in [0.2, 0.25) is 0 Å². The van der Waals surface area contributed by atoms with E-state index in [0.29, 0.717) is 19.6 Å². The number of fused-ring (bicyclic) bond motifs is 3. The first-order valence-electron chi connectivity index (χ1n) is 7.64. The summed E-state index contributed by atoms with van der Waals surface area (Å²) in [7, 11) is 2.16. The number of carbonyl (C=O) groups excluding carboxylic acids is 1. The van der Waals surface area contributed by atoms with Gasteiger partial charge in [-0.25, -0.2) is 0 Å². The first kappa shape index (κ1) is 16.8. The molecule has 5 heteroatoms. The molecule has 1 aromatic heterocycles. The van der Waals surface area contributed by atoms with Crippen molar-refractivity contribution in [3.8, 4) is 0 Å². The van der Waals surface area contributed by atoms with Crippen LogP contribution >= 0.6 is 12.4 Å². The molecular formula is C17H23ClN2O2. The van der Waals surface area contributed by atoms with Crippen LogP contribution in [0.4, 0.5) is 0 Å². The Bertz CT molecular complexity index is 666. The van der Waals surface area contributed by atoms with E-state index in [1.54, 1.807) is 0 Å².